The maximum absolute atomic E-state index is 12.5. The van der Waals surface area contributed by atoms with Gasteiger partial charge < -0.3 is 19.9 Å². The van der Waals surface area contributed by atoms with Crippen molar-refractivity contribution in [3.8, 4) is 0 Å². The molecule has 2 N–H and O–H groups in total. The first-order valence-corrected chi connectivity index (χ1v) is 14.2. The van der Waals surface area contributed by atoms with Crippen molar-refractivity contribution in [2.24, 2.45) is 5.92 Å². The summed E-state index contributed by atoms with van der Waals surface area (Å²) in [5.41, 5.74) is 4.06. The van der Waals surface area contributed by atoms with E-state index in [0.29, 0.717) is 17.0 Å². The number of benzene rings is 3. The number of hydrogen-bond donors (Lipinski definition) is 2. The van der Waals surface area contributed by atoms with Crippen molar-refractivity contribution in [1.82, 2.24) is 10.2 Å². The third kappa shape index (κ3) is 6.31. The van der Waals surface area contributed by atoms with Crippen LogP contribution in [0, 0.1) is 12.8 Å². The number of carbonyl (C=O) groups is 1. The molecule has 1 saturated heterocycles. The zero-order valence-corrected chi connectivity index (χ0v) is 22.7. The van der Waals surface area contributed by atoms with E-state index in [0.717, 1.165) is 26.0 Å². The zero-order valence-electron chi connectivity index (χ0n) is 21.1. The number of rotatable bonds is 8. The van der Waals surface area contributed by atoms with Crippen molar-refractivity contribution in [2.75, 3.05) is 11.1 Å². The maximum Gasteiger partial charge on any atom is 0.255 e. The molecule has 0 saturated carbocycles. The average molecular weight is 548 g/mol. The Hall–Kier alpha value is -3.08. The van der Waals surface area contributed by atoms with Crippen LogP contribution in [0.2, 0.25) is 0 Å². The number of nitrogens with one attached hydrogen (secondary N) is 1. The Morgan fingerprint density at radius 3 is 2.34 bits per heavy atom. The predicted molar refractivity (Wildman–Crippen MR) is 149 cm³/mol. The first-order valence-electron chi connectivity index (χ1n) is 12.4. The molecule has 196 valence electrons. The van der Waals surface area contributed by atoms with Crippen LogP contribution >= 0.6 is 23.1 Å². The van der Waals surface area contributed by atoms with Crippen LogP contribution in [0.1, 0.15) is 51.4 Å². The van der Waals surface area contributed by atoms with Crippen LogP contribution in [-0.4, -0.2) is 33.1 Å². The van der Waals surface area contributed by atoms with E-state index in [1.807, 2.05) is 73.7 Å². The van der Waals surface area contributed by atoms with E-state index >= 15 is 0 Å². The molecule has 5 rings (SSSR count). The van der Waals surface area contributed by atoms with Crippen molar-refractivity contribution in [2.45, 2.75) is 43.3 Å². The van der Waals surface area contributed by atoms with Gasteiger partial charge in [-0.05, 0) is 42.3 Å². The molecule has 1 fully saturated rings. The lowest BCUT2D eigenvalue weighted by molar-refractivity contribution is -0.268. The minimum Gasteiger partial charge on any atom is -0.392 e. The Bertz CT molecular complexity index is 1350. The lowest BCUT2D eigenvalue weighted by atomic mass is 9.91. The molecule has 1 amide bonds. The summed E-state index contributed by atoms with van der Waals surface area (Å²) in [7, 11) is 0. The summed E-state index contributed by atoms with van der Waals surface area (Å²) >= 11 is 3.22. The van der Waals surface area contributed by atoms with E-state index in [2.05, 4.69) is 22.4 Å². The first-order chi connectivity index (χ1) is 18.5. The van der Waals surface area contributed by atoms with E-state index in [1.54, 1.807) is 35.2 Å². The summed E-state index contributed by atoms with van der Waals surface area (Å²) in [6.45, 7) is 4.09. The normalized spacial score (nSPS) is 21.2. The van der Waals surface area contributed by atoms with E-state index in [1.165, 1.54) is 0 Å². The van der Waals surface area contributed by atoms with Crippen molar-refractivity contribution in [3.05, 3.63) is 106 Å². The van der Waals surface area contributed by atoms with Gasteiger partial charge in [0.15, 0.2) is 10.6 Å². The molecule has 4 aromatic rings. The summed E-state index contributed by atoms with van der Waals surface area (Å²) in [4.78, 5) is 12.5. The summed E-state index contributed by atoms with van der Waals surface area (Å²) in [5.74, 6) is 0.636. The van der Waals surface area contributed by atoms with E-state index in [4.69, 9.17) is 9.47 Å². The number of anilines is 1. The van der Waals surface area contributed by atoms with Gasteiger partial charge in [-0.15, -0.1) is 10.2 Å². The fourth-order valence-electron chi connectivity index (χ4n) is 4.32. The van der Waals surface area contributed by atoms with Gasteiger partial charge in [-0.2, -0.15) is 0 Å². The fraction of sp³-hybridized carbons (Fsp3) is 0.276. The number of carbonyl (C=O) groups excluding carboxylic acids is 1. The number of thioether (sulfide) groups is 1. The second-order valence-corrected chi connectivity index (χ2v) is 11.6. The van der Waals surface area contributed by atoms with Crippen molar-refractivity contribution in [3.63, 3.8) is 0 Å². The predicted octanol–water partition coefficient (Wildman–Crippen LogP) is 6.17. The van der Waals surface area contributed by atoms with Crippen LogP contribution in [0.3, 0.4) is 0 Å². The monoisotopic (exact) mass is 547 g/mol. The summed E-state index contributed by atoms with van der Waals surface area (Å²) in [6, 6.07) is 24.6. The molecule has 3 aromatic carbocycles. The minimum absolute atomic E-state index is 0.000778. The Morgan fingerprint density at radius 1 is 0.974 bits per heavy atom. The second-order valence-electron chi connectivity index (χ2n) is 9.16. The van der Waals surface area contributed by atoms with Crippen molar-refractivity contribution >= 4 is 34.7 Å². The molecule has 0 radical (unpaired) electrons. The second kappa shape index (κ2) is 12.2. The van der Waals surface area contributed by atoms with Gasteiger partial charge >= 0.3 is 0 Å². The number of aliphatic hydroxyl groups is 1. The molecular formula is C29H29N3O4S2. The summed E-state index contributed by atoms with van der Waals surface area (Å²) < 4.78 is 13.9. The Balaban J connectivity index is 1.34. The van der Waals surface area contributed by atoms with Crippen molar-refractivity contribution < 1.29 is 19.4 Å². The van der Waals surface area contributed by atoms with Crippen LogP contribution in [0.4, 0.5) is 5.69 Å². The molecule has 38 heavy (non-hydrogen) atoms. The van der Waals surface area contributed by atoms with Crippen LogP contribution in [-0.2, 0) is 16.1 Å². The quantitative estimate of drug-likeness (QED) is 0.255. The number of hydrogen-bond acceptors (Lipinski definition) is 8. The Morgan fingerprint density at radius 2 is 1.68 bits per heavy atom. The molecule has 0 aliphatic carbocycles. The lowest BCUT2D eigenvalue weighted by Crippen LogP contribution is -2.38. The number of nitrogens with zero attached hydrogens (tertiary/aromatic N) is 2. The number of ether oxygens (including phenoxy) is 2. The van der Waals surface area contributed by atoms with E-state index in [9.17, 15) is 9.90 Å². The highest BCUT2D eigenvalue weighted by atomic mass is 32.2. The lowest BCUT2D eigenvalue weighted by Gasteiger charge is -2.41. The smallest absolute Gasteiger partial charge is 0.255 e. The highest BCUT2D eigenvalue weighted by Gasteiger charge is 2.38. The fourth-order valence-corrected chi connectivity index (χ4v) is 6.32. The van der Waals surface area contributed by atoms with E-state index in [-0.39, 0.29) is 30.6 Å². The SMILES string of the molecule is Cc1nnc(SCC2OC(c3ccc(NC(=O)c4ccccc4)cc3)OC(c3ccc(CO)cc3)C2C)s1. The molecule has 1 aliphatic heterocycles. The molecule has 2 heterocycles. The standard InChI is InChI=1S/C29H29N3O4S2/c1-18-25(17-37-29-32-31-19(2)38-29)35-28(36-26(18)21-10-8-20(16-33)9-11-21)23-12-14-24(15-13-23)30-27(34)22-6-4-3-5-7-22/h3-15,18,25-26,28,33H,16-17H2,1-2H3,(H,30,34). The highest BCUT2D eigenvalue weighted by Crippen LogP contribution is 2.43. The number of aryl methyl sites for hydroxylation is 1. The van der Waals surface area contributed by atoms with Crippen LogP contribution in [0.25, 0.3) is 0 Å². The summed E-state index contributed by atoms with van der Waals surface area (Å²) in [6.07, 6.45) is -0.863. The molecule has 1 aliphatic rings. The Labute approximate surface area is 230 Å². The molecule has 4 unspecified atom stereocenters. The van der Waals surface area contributed by atoms with Gasteiger partial charge in [0.2, 0.25) is 0 Å². The van der Waals surface area contributed by atoms with Gasteiger partial charge in [0, 0.05) is 28.5 Å². The van der Waals surface area contributed by atoms with Crippen LogP contribution in [0.15, 0.2) is 83.2 Å². The van der Waals surface area contributed by atoms with Gasteiger partial charge in [-0.25, -0.2) is 0 Å². The topological polar surface area (TPSA) is 93.6 Å². The molecular weight excluding hydrogens is 518 g/mol. The molecule has 7 nitrogen and oxygen atoms in total. The average Bonchev–Trinajstić information content (AvgIpc) is 3.38. The third-order valence-corrected chi connectivity index (χ3v) is 8.54. The zero-order chi connectivity index (χ0) is 26.5. The van der Waals surface area contributed by atoms with Gasteiger partial charge in [-0.1, -0.05) is 84.6 Å². The first kappa shape index (κ1) is 26.5. The van der Waals surface area contributed by atoms with Crippen molar-refractivity contribution in [1.29, 1.82) is 0 Å². The van der Waals surface area contributed by atoms with Gasteiger partial charge in [-0.3, -0.25) is 4.79 Å². The summed E-state index contributed by atoms with van der Waals surface area (Å²) in [5, 5.41) is 21.7. The Kier molecular flexibility index (Phi) is 8.51. The molecule has 9 heteroatoms. The number of amides is 1. The number of aliphatic hydroxyl groups excluding tert-OH is 1. The van der Waals surface area contributed by atoms with Gasteiger partial charge in [0.1, 0.15) is 5.01 Å². The van der Waals surface area contributed by atoms with E-state index < -0.39 is 6.29 Å². The highest BCUT2D eigenvalue weighted by molar-refractivity contribution is 8.01. The van der Waals surface area contributed by atoms with Crippen LogP contribution in [0.5, 0.6) is 0 Å². The van der Waals surface area contributed by atoms with Gasteiger partial charge in [0.05, 0.1) is 18.8 Å². The number of aromatic nitrogens is 2. The third-order valence-electron chi connectivity index (χ3n) is 6.48. The minimum atomic E-state index is -0.575. The van der Waals surface area contributed by atoms with Crippen LogP contribution < -0.4 is 5.32 Å². The molecule has 1 aromatic heterocycles. The molecule has 4 atom stereocenters. The largest absolute Gasteiger partial charge is 0.392 e. The van der Waals surface area contributed by atoms with Gasteiger partial charge in [0.25, 0.3) is 5.91 Å². The molecule has 0 bridgehead atoms. The maximum atomic E-state index is 12.5. The molecule has 0 spiro atoms.